The van der Waals surface area contributed by atoms with Gasteiger partial charge in [0.05, 0.1) is 29.7 Å². The summed E-state index contributed by atoms with van der Waals surface area (Å²) in [7, 11) is 1.38. The van der Waals surface area contributed by atoms with Gasteiger partial charge in [-0.05, 0) is 56.7 Å². The number of aliphatic carboxylic acids is 1. The number of aliphatic hydroxyl groups excluding tert-OH is 1. The van der Waals surface area contributed by atoms with Crippen molar-refractivity contribution in [2.24, 2.45) is 5.92 Å². The lowest BCUT2D eigenvalue weighted by Crippen LogP contribution is -2.42. The number of benzene rings is 2. The summed E-state index contributed by atoms with van der Waals surface area (Å²) in [6.07, 6.45) is 2.96. The molecule has 1 aliphatic heterocycles. The number of carboxylic acids is 1. The molecule has 2 heterocycles. The van der Waals surface area contributed by atoms with Crippen molar-refractivity contribution in [2.45, 2.75) is 63.6 Å². The van der Waals surface area contributed by atoms with E-state index in [9.17, 15) is 19.8 Å². The number of amides is 1. The molecule has 0 radical (unpaired) electrons. The SMILES string of the molecule is COC(=O)N1c2ccc3c(nc([C@H](O)c4ccccc4)n3[C@@H]3CCC[C@@H](C(=O)O)C3)c2CC[C@H]1C. The fourth-order valence-corrected chi connectivity index (χ4v) is 5.78. The minimum absolute atomic E-state index is 0.00136. The van der Waals surface area contributed by atoms with Gasteiger partial charge < -0.3 is 19.5 Å². The molecule has 1 saturated carbocycles. The fourth-order valence-electron chi connectivity index (χ4n) is 5.78. The summed E-state index contributed by atoms with van der Waals surface area (Å²) in [5.74, 6) is -0.676. The van der Waals surface area contributed by atoms with E-state index in [2.05, 4.69) is 4.57 Å². The van der Waals surface area contributed by atoms with Crippen LogP contribution in [-0.4, -0.2) is 45.0 Å². The first-order valence-corrected chi connectivity index (χ1v) is 12.3. The van der Waals surface area contributed by atoms with Crippen molar-refractivity contribution in [2.75, 3.05) is 12.0 Å². The van der Waals surface area contributed by atoms with Crippen molar-refractivity contribution in [3.63, 3.8) is 0 Å². The van der Waals surface area contributed by atoms with Gasteiger partial charge in [0.1, 0.15) is 11.9 Å². The van der Waals surface area contributed by atoms with Gasteiger partial charge in [-0.2, -0.15) is 0 Å². The van der Waals surface area contributed by atoms with E-state index >= 15 is 0 Å². The molecule has 2 aliphatic rings. The van der Waals surface area contributed by atoms with E-state index in [1.165, 1.54) is 7.11 Å². The van der Waals surface area contributed by atoms with E-state index in [4.69, 9.17) is 9.72 Å². The molecule has 1 aromatic heterocycles. The highest BCUT2D eigenvalue weighted by molar-refractivity contribution is 5.95. The van der Waals surface area contributed by atoms with Crippen LogP contribution in [-0.2, 0) is 16.0 Å². The number of carboxylic acid groups (broad SMARTS) is 1. The normalized spacial score (nSPS) is 23.1. The van der Waals surface area contributed by atoms with E-state index < -0.39 is 24.1 Å². The lowest BCUT2D eigenvalue weighted by atomic mass is 9.85. The molecule has 4 atom stereocenters. The van der Waals surface area contributed by atoms with Crippen LogP contribution in [0.3, 0.4) is 0 Å². The van der Waals surface area contributed by atoms with Crippen LogP contribution in [0.1, 0.15) is 68.1 Å². The highest BCUT2D eigenvalue weighted by Crippen LogP contribution is 2.42. The molecule has 8 nitrogen and oxygen atoms in total. The van der Waals surface area contributed by atoms with Gasteiger partial charge in [0.15, 0.2) is 0 Å². The first kappa shape index (κ1) is 23.4. The van der Waals surface area contributed by atoms with Gasteiger partial charge in [0.25, 0.3) is 0 Å². The Kier molecular flexibility index (Phi) is 6.23. The van der Waals surface area contributed by atoms with Crippen molar-refractivity contribution < 1.29 is 24.5 Å². The Labute approximate surface area is 204 Å². The molecule has 0 saturated heterocycles. The number of nitrogens with zero attached hydrogens (tertiary/aromatic N) is 3. The van der Waals surface area contributed by atoms with Crippen LogP contribution in [0.2, 0.25) is 0 Å². The molecule has 3 aromatic rings. The third-order valence-electron chi connectivity index (χ3n) is 7.57. The van der Waals surface area contributed by atoms with Crippen molar-refractivity contribution in [3.8, 4) is 0 Å². The van der Waals surface area contributed by atoms with E-state index in [0.717, 1.165) is 53.5 Å². The van der Waals surface area contributed by atoms with Gasteiger partial charge in [-0.15, -0.1) is 0 Å². The summed E-state index contributed by atoms with van der Waals surface area (Å²) in [5, 5.41) is 21.1. The summed E-state index contributed by atoms with van der Waals surface area (Å²) < 4.78 is 7.11. The molecule has 1 fully saturated rings. The standard InChI is InChI=1S/C27H31N3O5/c1-16-11-12-20-21(29(16)27(34)35-2)13-14-22-23(20)28-25(24(31)17-7-4-3-5-8-17)30(22)19-10-6-9-18(15-19)26(32)33/h3-5,7-8,13-14,16,18-19,24,31H,6,9-12,15H2,1-2H3,(H,32,33)/t16-,18-,19-,24-/m1/s1. The average molecular weight is 478 g/mol. The molecule has 1 amide bonds. The Morgan fingerprint density at radius 2 is 1.89 bits per heavy atom. The number of anilines is 1. The highest BCUT2D eigenvalue weighted by atomic mass is 16.5. The van der Waals surface area contributed by atoms with Crippen molar-refractivity contribution >= 4 is 28.8 Å². The molecular weight excluding hydrogens is 446 g/mol. The van der Waals surface area contributed by atoms with Crippen LogP contribution < -0.4 is 4.90 Å². The summed E-state index contributed by atoms with van der Waals surface area (Å²) in [6.45, 7) is 2.00. The van der Waals surface area contributed by atoms with Crippen LogP contribution in [0.15, 0.2) is 42.5 Å². The first-order valence-electron chi connectivity index (χ1n) is 12.3. The second-order valence-corrected chi connectivity index (χ2v) is 9.67. The monoisotopic (exact) mass is 477 g/mol. The maximum Gasteiger partial charge on any atom is 0.414 e. The van der Waals surface area contributed by atoms with Crippen LogP contribution in [0, 0.1) is 5.92 Å². The summed E-state index contributed by atoms with van der Waals surface area (Å²) in [6, 6.07) is 13.2. The van der Waals surface area contributed by atoms with Crippen LogP contribution in [0.4, 0.5) is 10.5 Å². The molecule has 2 N–H and O–H groups in total. The third kappa shape index (κ3) is 4.05. The number of aromatic nitrogens is 2. The zero-order valence-electron chi connectivity index (χ0n) is 20.1. The van der Waals surface area contributed by atoms with Crippen molar-refractivity contribution in [1.82, 2.24) is 9.55 Å². The quantitative estimate of drug-likeness (QED) is 0.557. The number of aliphatic hydroxyl groups is 1. The van der Waals surface area contributed by atoms with Crippen molar-refractivity contribution in [1.29, 1.82) is 0 Å². The Bertz CT molecular complexity index is 1250. The number of carbonyl (C=O) groups is 2. The smallest absolute Gasteiger partial charge is 0.414 e. The molecule has 35 heavy (non-hydrogen) atoms. The van der Waals surface area contributed by atoms with E-state index in [1.54, 1.807) is 4.90 Å². The Morgan fingerprint density at radius 1 is 1.11 bits per heavy atom. The number of imidazole rings is 1. The number of ether oxygens (including phenoxy) is 1. The average Bonchev–Trinajstić information content (AvgIpc) is 3.28. The lowest BCUT2D eigenvalue weighted by molar-refractivity contribution is -0.143. The molecule has 5 rings (SSSR count). The topological polar surface area (TPSA) is 105 Å². The maximum absolute atomic E-state index is 12.6. The van der Waals surface area contributed by atoms with E-state index in [-0.39, 0.29) is 12.1 Å². The predicted octanol–water partition coefficient (Wildman–Crippen LogP) is 4.84. The molecule has 0 spiro atoms. The Hall–Kier alpha value is -3.39. The predicted molar refractivity (Wildman–Crippen MR) is 132 cm³/mol. The van der Waals surface area contributed by atoms with E-state index in [1.807, 2.05) is 49.4 Å². The van der Waals surface area contributed by atoms with Crippen LogP contribution in [0.25, 0.3) is 11.0 Å². The Balaban J connectivity index is 1.69. The number of hydrogen-bond acceptors (Lipinski definition) is 5. The second-order valence-electron chi connectivity index (χ2n) is 9.67. The summed E-state index contributed by atoms with van der Waals surface area (Å²) in [5.41, 5.74) is 4.08. The maximum atomic E-state index is 12.6. The van der Waals surface area contributed by atoms with Gasteiger partial charge in [0, 0.05) is 17.6 Å². The zero-order chi connectivity index (χ0) is 24.7. The highest BCUT2D eigenvalue weighted by Gasteiger charge is 2.35. The van der Waals surface area contributed by atoms with Crippen LogP contribution in [0.5, 0.6) is 0 Å². The lowest BCUT2D eigenvalue weighted by Gasteiger charge is -2.34. The third-order valence-corrected chi connectivity index (χ3v) is 7.57. The molecule has 1 aliphatic carbocycles. The minimum Gasteiger partial charge on any atom is -0.481 e. The van der Waals surface area contributed by atoms with Gasteiger partial charge >= 0.3 is 12.1 Å². The van der Waals surface area contributed by atoms with Gasteiger partial charge in [0.2, 0.25) is 0 Å². The molecule has 0 unspecified atom stereocenters. The molecule has 2 aromatic carbocycles. The number of carbonyl (C=O) groups excluding carboxylic acids is 1. The Morgan fingerprint density at radius 3 is 2.60 bits per heavy atom. The van der Waals surface area contributed by atoms with E-state index in [0.29, 0.717) is 18.7 Å². The largest absolute Gasteiger partial charge is 0.481 e. The fraction of sp³-hybridized carbons (Fsp3) is 0.444. The number of rotatable bonds is 4. The number of fused-ring (bicyclic) bond motifs is 3. The summed E-state index contributed by atoms with van der Waals surface area (Å²) >= 11 is 0. The number of aryl methyl sites for hydroxylation is 1. The number of methoxy groups -OCH3 is 1. The van der Waals surface area contributed by atoms with Crippen LogP contribution >= 0.6 is 0 Å². The first-order chi connectivity index (χ1) is 16.9. The molecular formula is C27H31N3O5. The van der Waals surface area contributed by atoms with Gasteiger partial charge in [-0.3, -0.25) is 9.69 Å². The van der Waals surface area contributed by atoms with Crippen molar-refractivity contribution in [3.05, 3.63) is 59.4 Å². The second kappa shape index (κ2) is 9.34. The zero-order valence-corrected chi connectivity index (χ0v) is 20.1. The molecule has 184 valence electrons. The molecule has 0 bridgehead atoms. The molecule has 8 heteroatoms. The summed E-state index contributed by atoms with van der Waals surface area (Å²) in [4.78, 5) is 31.0. The van der Waals surface area contributed by atoms with Gasteiger partial charge in [-0.25, -0.2) is 9.78 Å². The van der Waals surface area contributed by atoms with Gasteiger partial charge in [-0.1, -0.05) is 36.8 Å². The number of hydrogen-bond donors (Lipinski definition) is 2. The minimum atomic E-state index is -0.955.